The maximum atomic E-state index is 12.0. The average Bonchev–Trinajstić information content (AvgIpc) is 2.43. The Morgan fingerprint density at radius 1 is 1.10 bits per heavy atom. The van der Waals surface area contributed by atoms with Gasteiger partial charge in [0, 0.05) is 25.3 Å². The van der Waals surface area contributed by atoms with E-state index in [1.165, 1.54) is 6.92 Å². The molecule has 21 heavy (non-hydrogen) atoms. The van der Waals surface area contributed by atoms with Crippen LogP contribution >= 0.6 is 0 Å². The molecule has 0 atom stereocenters. The molecule has 114 valence electrons. The van der Waals surface area contributed by atoms with Crippen LogP contribution in [0.25, 0.3) is 0 Å². The summed E-state index contributed by atoms with van der Waals surface area (Å²) in [5, 5.41) is 0. The highest BCUT2D eigenvalue weighted by Gasteiger charge is 2.09. The molecule has 0 N–H and O–H groups in total. The van der Waals surface area contributed by atoms with Gasteiger partial charge in [-0.3, -0.25) is 14.4 Å². The number of unbranched alkanes of at least 4 members (excludes halogenated alkanes) is 1. The monoisotopic (exact) mass is 292 g/mol. The molecular weight excluding hydrogens is 272 g/mol. The number of carbonyl (C=O) groups excluding carboxylic acids is 3. The molecule has 5 heteroatoms. The van der Waals surface area contributed by atoms with Gasteiger partial charge in [-0.15, -0.1) is 0 Å². The number of benzene rings is 1. The van der Waals surface area contributed by atoms with Crippen LogP contribution in [0.1, 0.15) is 49.9 Å². The van der Waals surface area contributed by atoms with E-state index >= 15 is 0 Å². The van der Waals surface area contributed by atoms with Crippen LogP contribution in [0.5, 0.6) is 5.75 Å². The molecule has 0 aromatic heterocycles. The maximum Gasteiger partial charge on any atom is 0.308 e. The molecular formula is C16H20O5. The van der Waals surface area contributed by atoms with Crippen LogP contribution in [-0.2, 0) is 14.3 Å². The van der Waals surface area contributed by atoms with E-state index in [1.807, 2.05) is 0 Å². The lowest BCUT2D eigenvalue weighted by molar-refractivity contribution is -0.143. The molecule has 0 aliphatic rings. The fourth-order valence-electron chi connectivity index (χ4n) is 1.83. The summed E-state index contributed by atoms with van der Waals surface area (Å²) in [6.07, 6.45) is 1.92. The molecule has 0 bridgehead atoms. The van der Waals surface area contributed by atoms with Crippen LogP contribution in [0.4, 0.5) is 0 Å². The van der Waals surface area contributed by atoms with Gasteiger partial charge in [0.25, 0.3) is 0 Å². The standard InChI is InChI=1S/C16H20O5/c1-3-20-16(19)10-5-4-9-15(18)13-7-6-8-14(11-13)21-12(2)17/h6-8,11H,3-5,9-10H2,1-2H3. The Hall–Kier alpha value is -2.17. The van der Waals surface area contributed by atoms with E-state index in [-0.39, 0.29) is 11.8 Å². The van der Waals surface area contributed by atoms with Gasteiger partial charge in [0.1, 0.15) is 5.75 Å². The van der Waals surface area contributed by atoms with Gasteiger partial charge in [-0.1, -0.05) is 12.1 Å². The Balaban J connectivity index is 2.41. The van der Waals surface area contributed by atoms with Gasteiger partial charge in [0.15, 0.2) is 5.78 Å². The zero-order valence-corrected chi connectivity index (χ0v) is 12.4. The summed E-state index contributed by atoms with van der Waals surface area (Å²) in [6.45, 7) is 3.45. The van der Waals surface area contributed by atoms with Gasteiger partial charge >= 0.3 is 11.9 Å². The molecule has 0 spiro atoms. The highest BCUT2D eigenvalue weighted by Crippen LogP contribution is 2.16. The van der Waals surface area contributed by atoms with Crippen molar-refractivity contribution in [3.8, 4) is 5.75 Å². The second-order valence-corrected chi connectivity index (χ2v) is 4.56. The van der Waals surface area contributed by atoms with Crippen molar-refractivity contribution in [3.63, 3.8) is 0 Å². The lowest BCUT2D eigenvalue weighted by Crippen LogP contribution is -2.05. The van der Waals surface area contributed by atoms with Crippen LogP contribution in [-0.4, -0.2) is 24.3 Å². The van der Waals surface area contributed by atoms with E-state index in [2.05, 4.69) is 0 Å². The number of esters is 2. The smallest absolute Gasteiger partial charge is 0.308 e. The average molecular weight is 292 g/mol. The third-order valence-corrected chi connectivity index (χ3v) is 2.76. The Morgan fingerprint density at radius 3 is 2.48 bits per heavy atom. The van der Waals surface area contributed by atoms with Crippen molar-refractivity contribution in [2.24, 2.45) is 0 Å². The third-order valence-electron chi connectivity index (χ3n) is 2.76. The summed E-state index contributed by atoms with van der Waals surface area (Å²) < 4.78 is 9.75. The molecule has 5 nitrogen and oxygen atoms in total. The molecule has 1 aromatic carbocycles. The SMILES string of the molecule is CCOC(=O)CCCCC(=O)c1cccc(OC(C)=O)c1. The highest BCUT2D eigenvalue weighted by atomic mass is 16.5. The van der Waals surface area contributed by atoms with Gasteiger partial charge in [-0.2, -0.15) is 0 Å². The van der Waals surface area contributed by atoms with E-state index in [0.29, 0.717) is 43.6 Å². The minimum atomic E-state index is -0.422. The Morgan fingerprint density at radius 2 is 1.81 bits per heavy atom. The maximum absolute atomic E-state index is 12.0. The molecule has 1 rings (SSSR count). The fraction of sp³-hybridized carbons (Fsp3) is 0.438. The van der Waals surface area contributed by atoms with E-state index in [1.54, 1.807) is 31.2 Å². The number of Topliss-reactive ketones (excluding diaryl/α,β-unsaturated/α-hetero) is 1. The lowest BCUT2D eigenvalue weighted by Gasteiger charge is -2.05. The van der Waals surface area contributed by atoms with Gasteiger partial charge in [-0.25, -0.2) is 0 Å². The quantitative estimate of drug-likeness (QED) is 0.319. The molecule has 0 aliphatic carbocycles. The molecule has 0 radical (unpaired) electrons. The van der Waals surface area contributed by atoms with Crippen LogP contribution in [0.3, 0.4) is 0 Å². The van der Waals surface area contributed by atoms with Gasteiger partial charge in [-0.05, 0) is 31.9 Å². The Labute approximate surface area is 124 Å². The number of carbonyl (C=O) groups is 3. The highest BCUT2D eigenvalue weighted by molar-refractivity contribution is 5.96. The van der Waals surface area contributed by atoms with Gasteiger partial charge < -0.3 is 9.47 Å². The van der Waals surface area contributed by atoms with E-state index < -0.39 is 5.97 Å². The van der Waals surface area contributed by atoms with Crippen molar-refractivity contribution in [1.82, 2.24) is 0 Å². The number of ether oxygens (including phenoxy) is 2. The third kappa shape index (κ3) is 6.70. The van der Waals surface area contributed by atoms with Crippen LogP contribution in [0.15, 0.2) is 24.3 Å². The predicted molar refractivity (Wildman–Crippen MR) is 77.2 cm³/mol. The van der Waals surface area contributed by atoms with Crippen LogP contribution < -0.4 is 4.74 Å². The Bertz CT molecular complexity index is 507. The molecule has 0 amide bonds. The molecule has 0 fully saturated rings. The summed E-state index contributed by atoms with van der Waals surface area (Å²) in [4.78, 5) is 34.0. The molecule has 0 saturated heterocycles. The van der Waals surface area contributed by atoms with Crippen molar-refractivity contribution >= 4 is 17.7 Å². The normalized spacial score (nSPS) is 10.0. The summed E-state index contributed by atoms with van der Waals surface area (Å²) in [5.41, 5.74) is 0.505. The van der Waals surface area contributed by atoms with E-state index in [9.17, 15) is 14.4 Å². The number of rotatable bonds is 8. The van der Waals surface area contributed by atoms with Crippen LogP contribution in [0.2, 0.25) is 0 Å². The van der Waals surface area contributed by atoms with Crippen molar-refractivity contribution in [2.45, 2.75) is 39.5 Å². The first kappa shape index (κ1) is 16.9. The first-order valence-corrected chi connectivity index (χ1v) is 7.00. The molecule has 0 unspecified atom stereocenters. The predicted octanol–water partition coefficient (Wildman–Crippen LogP) is 2.92. The van der Waals surface area contributed by atoms with Gasteiger partial charge in [0.2, 0.25) is 0 Å². The largest absolute Gasteiger partial charge is 0.466 e. The Kier molecular flexibility index (Phi) is 7.15. The summed E-state index contributed by atoms with van der Waals surface area (Å²) >= 11 is 0. The van der Waals surface area contributed by atoms with Crippen molar-refractivity contribution in [1.29, 1.82) is 0 Å². The van der Waals surface area contributed by atoms with Crippen LogP contribution in [0, 0.1) is 0 Å². The molecule has 0 heterocycles. The van der Waals surface area contributed by atoms with Crippen molar-refractivity contribution in [3.05, 3.63) is 29.8 Å². The van der Waals surface area contributed by atoms with Gasteiger partial charge in [0.05, 0.1) is 6.61 Å². The molecule has 0 aliphatic heterocycles. The number of hydrogen-bond acceptors (Lipinski definition) is 5. The van der Waals surface area contributed by atoms with E-state index in [0.717, 1.165) is 0 Å². The summed E-state index contributed by atoms with van der Waals surface area (Å²) in [5.74, 6) is -0.330. The second-order valence-electron chi connectivity index (χ2n) is 4.56. The summed E-state index contributed by atoms with van der Waals surface area (Å²) in [6, 6.07) is 6.53. The summed E-state index contributed by atoms with van der Waals surface area (Å²) in [7, 11) is 0. The van der Waals surface area contributed by atoms with Crippen molar-refractivity contribution < 1.29 is 23.9 Å². The number of hydrogen-bond donors (Lipinski definition) is 0. The fourth-order valence-corrected chi connectivity index (χ4v) is 1.83. The first-order valence-electron chi connectivity index (χ1n) is 7.00. The topological polar surface area (TPSA) is 69.7 Å². The molecule has 0 saturated carbocycles. The zero-order chi connectivity index (χ0) is 15.7. The van der Waals surface area contributed by atoms with E-state index in [4.69, 9.17) is 9.47 Å². The first-order chi connectivity index (χ1) is 10.0. The van der Waals surface area contributed by atoms with Crippen molar-refractivity contribution in [2.75, 3.05) is 6.61 Å². The molecule has 1 aromatic rings. The second kappa shape index (κ2) is 8.89. The number of ketones is 1. The zero-order valence-electron chi connectivity index (χ0n) is 12.4. The minimum Gasteiger partial charge on any atom is -0.466 e. The minimum absolute atomic E-state index is 0.0344. The lowest BCUT2D eigenvalue weighted by atomic mass is 10.0.